The number of hydrogen-bond acceptors (Lipinski definition) is 4. The summed E-state index contributed by atoms with van der Waals surface area (Å²) in [5, 5.41) is 11.5. The van der Waals surface area contributed by atoms with Gasteiger partial charge in [-0.25, -0.2) is 0 Å². The van der Waals surface area contributed by atoms with Gasteiger partial charge in [-0.05, 0) is 30.4 Å². The van der Waals surface area contributed by atoms with Gasteiger partial charge in [0.2, 0.25) is 5.91 Å². The first-order valence-corrected chi connectivity index (χ1v) is 8.63. The standard InChI is InChI=1S/C19H22N2O3/c22-18(16-13-6-7-14(12-13)17(16)19(23)24)21-10-8-20(9-11-21)15-4-2-1-3-5-15/h1-7,13-14,16-17H,8-12H2,(H,23,24)/p-1/t13-,14+,16+,17+/m1/s1. The Bertz CT molecular complexity index is 664. The Morgan fingerprint density at radius 1 is 0.917 bits per heavy atom. The number of aliphatic carboxylic acids is 1. The van der Waals surface area contributed by atoms with Crippen molar-refractivity contribution >= 4 is 17.6 Å². The van der Waals surface area contributed by atoms with Gasteiger partial charge in [-0.1, -0.05) is 30.4 Å². The lowest BCUT2D eigenvalue weighted by atomic mass is 9.82. The molecule has 24 heavy (non-hydrogen) atoms. The molecular formula is C19H21N2O3-. The van der Waals surface area contributed by atoms with Gasteiger partial charge in [0.05, 0.1) is 5.92 Å². The van der Waals surface area contributed by atoms with Gasteiger partial charge in [0, 0.05) is 43.8 Å². The lowest BCUT2D eigenvalue weighted by Crippen LogP contribution is -2.53. The van der Waals surface area contributed by atoms with Gasteiger partial charge in [-0.2, -0.15) is 0 Å². The van der Waals surface area contributed by atoms with Crippen LogP contribution in [-0.4, -0.2) is 43.0 Å². The number of allylic oxidation sites excluding steroid dienone is 2. The van der Waals surface area contributed by atoms with E-state index in [1.807, 2.05) is 35.3 Å². The molecule has 0 spiro atoms. The molecule has 1 aliphatic heterocycles. The lowest BCUT2D eigenvalue weighted by molar-refractivity contribution is -0.313. The van der Waals surface area contributed by atoms with Crippen LogP contribution in [0.1, 0.15) is 6.42 Å². The molecule has 1 heterocycles. The number of anilines is 1. The molecule has 5 heteroatoms. The van der Waals surface area contributed by atoms with Crippen LogP contribution >= 0.6 is 0 Å². The van der Waals surface area contributed by atoms with Crippen molar-refractivity contribution in [3.63, 3.8) is 0 Å². The normalized spacial score (nSPS) is 31.5. The number of carbonyl (C=O) groups is 2. The maximum absolute atomic E-state index is 12.9. The van der Waals surface area contributed by atoms with Crippen LogP contribution in [0.4, 0.5) is 5.69 Å². The van der Waals surface area contributed by atoms with Gasteiger partial charge in [-0.15, -0.1) is 0 Å². The molecule has 0 radical (unpaired) electrons. The van der Waals surface area contributed by atoms with Gasteiger partial charge in [0.1, 0.15) is 0 Å². The van der Waals surface area contributed by atoms with Crippen LogP contribution < -0.4 is 10.0 Å². The SMILES string of the molecule is O=C([O-])[C@@H]1[C@@H](C(=O)N2CCN(c3ccccc3)CC2)[C@@H]2C=C[C@H]1C2. The van der Waals surface area contributed by atoms with Crippen molar-refractivity contribution in [3.05, 3.63) is 42.5 Å². The zero-order chi connectivity index (χ0) is 16.7. The van der Waals surface area contributed by atoms with Crippen molar-refractivity contribution in [2.75, 3.05) is 31.1 Å². The molecule has 3 aliphatic rings. The Kier molecular flexibility index (Phi) is 3.79. The maximum atomic E-state index is 12.9. The van der Waals surface area contributed by atoms with Crippen LogP contribution in [0.5, 0.6) is 0 Å². The molecule has 0 N–H and O–H groups in total. The first-order chi connectivity index (χ1) is 11.6. The van der Waals surface area contributed by atoms with Gasteiger partial charge >= 0.3 is 0 Å². The third-order valence-corrected chi connectivity index (χ3v) is 5.73. The minimum Gasteiger partial charge on any atom is -0.550 e. The third-order valence-electron chi connectivity index (χ3n) is 5.73. The number of fused-ring (bicyclic) bond motifs is 2. The summed E-state index contributed by atoms with van der Waals surface area (Å²) in [7, 11) is 0. The Balaban J connectivity index is 1.43. The molecule has 1 saturated carbocycles. The molecule has 1 aromatic carbocycles. The summed E-state index contributed by atoms with van der Waals surface area (Å²) in [5.41, 5.74) is 1.17. The molecule has 1 aromatic rings. The average Bonchev–Trinajstić information content (AvgIpc) is 3.23. The number of amides is 1. The molecule has 1 amide bonds. The molecule has 2 fully saturated rings. The summed E-state index contributed by atoms with van der Waals surface area (Å²) >= 11 is 0. The van der Waals surface area contributed by atoms with E-state index in [0.29, 0.717) is 13.1 Å². The van der Waals surface area contributed by atoms with Gasteiger partial charge in [-0.3, -0.25) is 4.79 Å². The summed E-state index contributed by atoms with van der Waals surface area (Å²) < 4.78 is 0. The second-order valence-corrected chi connectivity index (χ2v) is 6.97. The van der Waals surface area contributed by atoms with Crippen LogP contribution in [0.2, 0.25) is 0 Å². The van der Waals surface area contributed by atoms with Crippen molar-refractivity contribution < 1.29 is 14.7 Å². The Morgan fingerprint density at radius 2 is 1.54 bits per heavy atom. The van der Waals surface area contributed by atoms with Crippen LogP contribution in [0.3, 0.4) is 0 Å². The van der Waals surface area contributed by atoms with Crippen molar-refractivity contribution in [2.24, 2.45) is 23.7 Å². The predicted octanol–water partition coefficient (Wildman–Crippen LogP) is 0.523. The van der Waals surface area contributed by atoms with Crippen molar-refractivity contribution in [2.45, 2.75) is 6.42 Å². The topological polar surface area (TPSA) is 63.7 Å². The van der Waals surface area contributed by atoms with Crippen molar-refractivity contribution in [1.29, 1.82) is 0 Å². The first-order valence-electron chi connectivity index (χ1n) is 8.63. The summed E-state index contributed by atoms with van der Waals surface area (Å²) in [4.78, 5) is 28.5. The number of rotatable bonds is 3. The molecule has 1 saturated heterocycles. The summed E-state index contributed by atoms with van der Waals surface area (Å²) in [5.74, 6) is -2.13. The highest BCUT2D eigenvalue weighted by Crippen LogP contribution is 2.48. The van der Waals surface area contributed by atoms with Crippen LogP contribution in [-0.2, 0) is 9.59 Å². The molecule has 5 nitrogen and oxygen atoms in total. The quantitative estimate of drug-likeness (QED) is 0.760. The van der Waals surface area contributed by atoms with Crippen molar-refractivity contribution in [3.8, 4) is 0 Å². The number of hydrogen-bond donors (Lipinski definition) is 0. The monoisotopic (exact) mass is 325 g/mol. The van der Waals surface area contributed by atoms with Gasteiger partial charge in [0.15, 0.2) is 0 Å². The van der Waals surface area contributed by atoms with E-state index in [2.05, 4.69) is 17.0 Å². The fourth-order valence-electron chi connectivity index (χ4n) is 4.51. The van der Waals surface area contributed by atoms with E-state index >= 15 is 0 Å². The number of benzene rings is 1. The van der Waals surface area contributed by atoms with Crippen LogP contribution in [0.25, 0.3) is 0 Å². The Hall–Kier alpha value is -2.30. The summed E-state index contributed by atoms with van der Waals surface area (Å²) in [6.07, 6.45) is 4.74. The number of carboxylic acid groups (broad SMARTS) is 1. The fourth-order valence-corrected chi connectivity index (χ4v) is 4.51. The molecule has 4 atom stereocenters. The zero-order valence-electron chi connectivity index (χ0n) is 13.5. The number of nitrogens with zero attached hydrogens (tertiary/aromatic N) is 2. The lowest BCUT2D eigenvalue weighted by Gasteiger charge is -2.39. The highest BCUT2D eigenvalue weighted by Gasteiger charge is 2.49. The first kappa shape index (κ1) is 15.2. The molecular weight excluding hydrogens is 304 g/mol. The van der Waals surface area contributed by atoms with E-state index in [9.17, 15) is 14.7 Å². The van der Waals surface area contributed by atoms with E-state index in [0.717, 1.165) is 19.5 Å². The largest absolute Gasteiger partial charge is 0.550 e. The average molecular weight is 325 g/mol. The van der Waals surface area contributed by atoms with E-state index in [1.165, 1.54) is 5.69 Å². The minimum atomic E-state index is -1.08. The smallest absolute Gasteiger partial charge is 0.227 e. The number of para-hydroxylation sites is 1. The van der Waals surface area contributed by atoms with E-state index in [4.69, 9.17) is 0 Å². The molecule has 0 unspecified atom stereocenters. The fraction of sp³-hybridized carbons (Fsp3) is 0.474. The van der Waals surface area contributed by atoms with Crippen LogP contribution in [0.15, 0.2) is 42.5 Å². The predicted molar refractivity (Wildman–Crippen MR) is 88.0 cm³/mol. The van der Waals surface area contributed by atoms with E-state index in [1.54, 1.807) is 0 Å². The minimum absolute atomic E-state index is 0.00578. The summed E-state index contributed by atoms with van der Waals surface area (Å²) in [6.45, 7) is 2.85. The van der Waals surface area contributed by atoms with Gasteiger partial charge in [0.25, 0.3) is 0 Å². The highest BCUT2D eigenvalue weighted by atomic mass is 16.4. The third kappa shape index (κ3) is 2.48. The number of piperazine rings is 1. The molecule has 2 bridgehead atoms. The summed E-state index contributed by atoms with van der Waals surface area (Å²) in [6, 6.07) is 10.2. The van der Waals surface area contributed by atoms with E-state index < -0.39 is 17.8 Å². The zero-order valence-corrected chi connectivity index (χ0v) is 13.5. The Morgan fingerprint density at radius 3 is 2.17 bits per heavy atom. The number of carbonyl (C=O) groups excluding carboxylic acids is 2. The maximum Gasteiger partial charge on any atom is 0.227 e. The van der Waals surface area contributed by atoms with E-state index in [-0.39, 0.29) is 17.7 Å². The molecule has 2 aliphatic carbocycles. The number of carboxylic acids is 1. The van der Waals surface area contributed by atoms with Gasteiger partial charge < -0.3 is 19.7 Å². The second-order valence-electron chi connectivity index (χ2n) is 6.97. The molecule has 4 rings (SSSR count). The second kappa shape index (κ2) is 5.96. The Labute approximate surface area is 141 Å². The van der Waals surface area contributed by atoms with Crippen LogP contribution in [0, 0.1) is 23.7 Å². The van der Waals surface area contributed by atoms with Crippen molar-refractivity contribution in [1.82, 2.24) is 4.90 Å². The molecule has 0 aromatic heterocycles. The molecule has 126 valence electrons. The highest BCUT2D eigenvalue weighted by molar-refractivity contribution is 5.86.